The second-order valence-corrected chi connectivity index (χ2v) is 13.8. The van der Waals surface area contributed by atoms with Crippen LogP contribution in [0.5, 0.6) is 0 Å². The van der Waals surface area contributed by atoms with E-state index in [0.29, 0.717) is 0 Å². The fourth-order valence-corrected chi connectivity index (χ4v) is 9.12. The third kappa shape index (κ3) is 3.36. The predicted octanol–water partition coefficient (Wildman–Crippen LogP) is 11.7. The fraction of sp³-hybridized carbons (Fsp3) is 0.0714. The second kappa shape index (κ2) is 8.90. The molecule has 0 atom stereocenters. The molecule has 3 heterocycles. The number of hydrogen-bond acceptors (Lipinski definition) is 2. The van der Waals surface area contributed by atoms with E-state index in [1.807, 2.05) is 17.5 Å². The molecule has 0 radical (unpaired) electrons. The van der Waals surface area contributed by atoms with E-state index in [4.69, 9.17) is 4.98 Å². The lowest BCUT2D eigenvalue weighted by Gasteiger charge is -2.21. The molecule has 0 spiro atoms. The lowest BCUT2D eigenvalue weighted by Crippen LogP contribution is -2.14. The van der Waals surface area contributed by atoms with Gasteiger partial charge in [-0.15, -0.1) is 11.3 Å². The predicted molar refractivity (Wildman–Crippen MR) is 192 cm³/mol. The highest BCUT2D eigenvalue weighted by Gasteiger charge is 2.35. The van der Waals surface area contributed by atoms with Gasteiger partial charge in [-0.2, -0.15) is 0 Å². The molecule has 9 aromatic rings. The summed E-state index contributed by atoms with van der Waals surface area (Å²) in [6.07, 6.45) is 2.05. The molecule has 0 amide bonds. The first-order chi connectivity index (χ1) is 22.1. The molecule has 0 saturated carbocycles. The minimum Gasteiger partial charge on any atom is -0.292 e. The van der Waals surface area contributed by atoms with Crippen LogP contribution in [-0.2, 0) is 5.41 Å². The molecular formula is C42H28N2S. The maximum Gasteiger partial charge on any atom is 0.137 e. The number of rotatable bonds is 2. The highest BCUT2D eigenvalue weighted by molar-refractivity contribution is 7.26. The lowest BCUT2D eigenvalue weighted by atomic mass is 9.82. The van der Waals surface area contributed by atoms with E-state index < -0.39 is 0 Å². The number of thiophene rings is 1. The summed E-state index contributed by atoms with van der Waals surface area (Å²) in [5.74, 6) is 0.937. The number of benzene rings is 6. The molecule has 0 saturated heterocycles. The number of aromatic nitrogens is 2. The van der Waals surface area contributed by atoms with Crippen LogP contribution in [0.2, 0.25) is 0 Å². The molecule has 1 aliphatic carbocycles. The summed E-state index contributed by atoms with van der Waals surface area (Å²) in [7, 11) is 0. The summed E-state index contributed by atoms with van der Waals surface area (Å²) >= 11 is 1.88. The van der Waals surface area contributed by atoms with Gasteiger partial charge in [-0.1, -0.05) is 111 Å². The van der Waals surface area contributed by atoms with Crippen molar-refractivity contribution in [3.05, 3.63) is 145 Å². The van der Waals surface area contributed by atoms with Crippen molar-refractivity contribution in [2.45, 2.75) is 19.3 Å². The normalized spacial score (nSPS) is 13.7. The molecule has 10 rings (SSSR count). The maximum absolute atomic E-state index is 5.17. The monoisotopic (exact) mass is 592 g/mol. The van der Waals surface area contributed by atoms with Crippen LogP contribution in [0.3, 0.4) is 0 Å². The molecule has 0 fully saturated rings. The topological polar surface area (TPSA) is 17.8 Å². The molecule has 0 N–H and O–H groups in total. The van der Waals surface area contributed by atoms with Crippen LogP contribution < -0.4 is 0 Å². The van der Waals surface area contributed by atoms with Crippen molar-refractivity contribution in [1.29, 1.82) is 0 Å². The van der Waals surface area contributed by atoms with E-state index in [2.05, 4.69) is 146 Å². The molecular weight excluding hydrogens is 565 g/mol. The van der Waals surface area contributed by atoms with Gasteiger partial charge in [0.1, 0.15) is 5.82 Å². The SMILES string of the molecule is CC1(C)c2ccccc2-c2cc(-c3ccc(-n4c5ccc6ccccc6c5c5ccc6c7ccccc7sc6c54)nc3)ccc21. The number of hydrogen-bond donors (Lipinski definition) is 0. The van der Waals surface area contributed by atoms with E-state index in [-0.39, 0.29) is 5.41 Å². The van der Waals surface area contributed by atoms with Crippen molar-refractivity contribution in [2.75, 3.05) is 0 Å². The Labute approximate surface area is 264 Å². The Hall–Kier alpha value is -5.25. The summed E-state index contributed by atoms with van der Waals surface area (Å²) in [5, 5.41) is 7.70. The molecule has 45 heavy (non-hydrogen) atoms. The van der Waals surface area contributed by atoms with Crippen LogP contribution in [0.1, 0.15) is 25.0 Å². The standard InChI is InChI=1S/C42H28N2S/c1-42(2)34-13-7-5-11-29(34)33-23-26(15-20-35(33)42)27-17-22-38(43-24-27)44-36-21-16-25-9-3-4-10-28(25)39(36)32-19-18-31-30-12-6-8-14-37(30)45-41(31)40(32)44/h3-24H,1-2H3. The molecule has 0 bridgehead atoms. The zero-order valence-corrected chi connectivity index (χ0v) is 25.8. The minimum atomic E-state index is 0.00516. The molecule has 212 valence electrons. The smallest absolute Gasteiger partial charge is 0.137 e. The molecule has 2 nitrogen and oxygen atoms in total. The van der Waals surface area contributed by atoms with Gasteiger partial charge in [0.25, 0.3) is 0 Å². The van der Waals surface area contributed by atoms with Crippen molar-refractivity contribution in [3.8, 4) is 28.1 Å². The first-order valence-corrected chi connectivity index (χ1v) is 16.4. The third-order valence-corrected chi connectivity index (χ3v) is 11.2. The van der Waals surface area contributed by atoms with Crippen LogP contribution in [-0.4, -0.2) is 9.55 Å². The summed E-state index contributed by atoms with van der Waals surface area (Å²) in [6, 6.07) is 46.8. The van der Waals surface area contributed by atoms with Crippen molar-refractivity contribution in [2.24, 2.45) is 0 Å². The van der Waals surface area contributed by atoms with Gasteiger partial charge in [-0.3, -0.25) is 4.57 Å². The van der Waals surface area contributed by atoms with E-state index in [1.54, 1.807) is 0 Å². The Morgan fingerprint density at radius 1 is 0.600 bits per heavy atom. The molecule has 1 aliphatic rings. The summed E-state index contributed by atoms with van der Waals surface area (Å²) in [4.78, 5) is 5.17. The fourth-order valence-electron chi connectivity index (χ4n) is 7.88. The highest BCUT2D eigenvalue weighted by Crippen LogP contribution is 2.49. The molecule has 3 aromatic heterocycles. The van der Waals surface area contributed by atoms with E-state index >= 15 is 0 Å². The van der Waals surface area contributed by atoms with Crippen LogP contribution >= 0.6 is 11.3 Å². The van der Waals surface area contributed by atoms with Gasteiger partial charge in [0, 0.05) is 43.4 Å². The Bertz CT molecular complexity index is 2670. The Kier molecular flexibility index (Phi) is 4.97. The third-order valence-electron chi connectivity index (χ3n) is 10.1. The summed E-state index contributed by atoms with van der Waals surface area (Å²) in [5.41, 5.74) is 10.2. The zero-order valence-electron chi connectivity index (χ0n) is 25.0. The molecule has 3 heteroatoms. The van der Waals surface area contributed by atoms with Crippen molar-refractivity contribution >= 4 is 64.1 Å². The molecule has 6 aromatic carbocycles. The second-order valence-electron chi connectivity index (χ2n) is 12.8. The van der Waals surface area contributed by atoms with Gasteiger partial charge in [0.15, 0.2) is 0 Å². The van der Waals surface area contributed by atoms with Crippen LogP contribution in [0.15, 0.2) is 134 Å². The van der Waals surface area contributed by atoms with E-state index in [0.717, 1.165) is 11.4 Å². The highest BCUT2D eigenvalue weighted by atomic mass is 32.1. The van der Waals surface area contributed by atoms with Crippen molar-refractivity contribution in [1.82, 2.24) is 9.55 Å². The Morgan fingerprint density at radius 2 is 1.36 bits per heavy atom. The largest absolute Gasteiger partial charge is 0.292 e. The molecule has 0 aliphatic heterocycles. The van der Waals surface area contributed by atoms with Gasteiger partial charge < -0.3 is 0 Å². The Morgan fingerprint density at radius 3 is 2.24 bits per heavy atom. The number of pyridine rings is 1. The quantitative estimate of drug-likeness (QED) is 0.195. The first-order valence-electron chi connectivity index (χ1n) is 15.6. The van der Waals surface area contributed by atoms with Crippen LogP contribution in [0.25, 0.3) is 80.8 Å². The average Bonchev–Trinajstić information content (AvgIpc) is 3.71. The summed E-state index contributed by atoms with van der Waals surface area (Å²) < 4.78 is 5.01. The van der Waals surface area contributed by atoms with Crippen molar-refractivity contribution < 1.29 is 0 Å². The summed E-state index contributed by atoms with van der Waals surface area (Å²) in [6.45, 7) is 4.66. The van der Waals surface area contributed by atoms with Gasteiger partial charge in [-0.05, 0) is 68.9 Å². The van der Waals surface area contributed by atoms with Crippen LogP contribution in [0, 0.1) is 0 Å². The van der Waals surface area contributed by atoms with Gasteiger partial charge in [-0.25, -0.2) is 4.98 Å². The van der Waals surface area contributed by atoms with Gasteiger partial charge >= 0.3 is 0 Å². The average molecular weight is 593 g/mol. The Balaban J connectivity index is 1.20. The molecule has 0 unspecified atom stereocenters. The number of nitrogens with zero attached hydrogens (tertiary/aromatic N) is 2. The first kappa shape index (κ1) is 25.1. The van der Waals surface area contributed by atoms with Gasteiger partial charge in [0.2, 0.25) is 0 Å². The van der Waals surface area contributed by atoms with Crippen molar-refractivity contribution in [3.63, 3.8) is 0 Å². The zero-order chi connectivity index (χ0) is 29.9. The maximum atomic E-state index is 5.17. The minimum absolute atomic E-state index is 0.00516. The van der Waals surface area contributed by atoms with Gasteiger partial charge in [0.05, 0.1) is 15.7 Å². The van der Waals surface area contributed by atoms with E-state index in [1.165, 1.54) is 80.6 Å². The lowest BCUT2D eigenvalue weighted by molar-refractivity contribution is 0.660. The van der Waals surface area contributed by atoms with Crippen LogP contribution in [0.4, 0.5) is 0 Å². The number of fused-ring (bicyclic) bond motifs is 12. The van der Waals surface area contributed by atoms with E-state index in [9.17, 15) is 0 Å².